The Morgan fingerprint density at radius 1 is 0.946 bits per heavy atom. The first-order valence-electron chi connectivity index (χ1n) is 12.7. The largest absolute Gasteiger partial charge is 0.493 e. The zero-order valence-electron chi connectivity index (χ0n) is 23.1. The first-order chi connectivity index (χ1) is 17.9. The Hall–Kier alpha value is -3.45. The molecule has 2 aromatic rings. The molecule has 0 saturated carbocycles. The summed E-state index contributed by atoms with van der Waals surface area (Å²) >= 11 is 0. The molecule has 200 valence electrons. The van der Waals surface area contributed by atoms with Gasteiger partial charge in [0.05, 0.1) is 34.9 Å². The molecule has 1 aliphatic rings. The van der Waals surface area contributed by atoms with Crippen molar-refractivity contribution in [3.05, 3.63) is 65.4 Å². The number of amides is 1. The maximum absolute atomic E-state index is 12.9. The lowest BCUT2D eigenvalue weighted by Gasteiger charge is -2.31. The maximum Gasteiger partial charge on any atom is 0.231 e. The lowest BCUT2D eigenvalue weighted by Crippen LogP contribution is -2.34. The standard InChI is InChI=1S/C30H40N2O5/c1-8-25(23-11-12-26(34-4)27(18-23)35-5)21(2)31(3)14-9-10-15-32-16-13-22-17-28(36-6)29(37-7)19-24(22)20-30(32)33/h9-13,16-19,21,25H,8,14-15,20H2,1-7H3. The second-order valence-electron chi connectivity index (χ2n) is 9.23. The molecule has 7 nitrogen and oxygen atoms in total. The summed E-state index contributed by atoms with van der Waals surface area (Å²) in [5.41, 5.74) is 3.13. The Kier molecular flexibility index (Phi) is 10.0. The van der Waals surface area contributed by atoms with E-state index in [4.69, 9.17) is 18.9 Å². The molecule has 3 rings (SSSR count). The fourth-order valence-corrected chi connectivity index (χ4v) is 4.77. The lowest BCUT2D eigenvalue weighted by molar-refractivity contribution is -0.127. The number of hydrogen-bond donors (Lipinski definition) is 0. The lowest BCUT2D eigenvalue weighted by atomic mass is 9.89. The molecular formula is C30H40N2O5. The van der Waals surface area contributed by atoms with E-state index in [0.717, 1.165) is 35.6 Å². The molecular weight excluding hydrogens is 468 g/mol. The van der Waals surface area contributed by atoms with Gasteiger partial charge in [-0.3, -0.25) is 9.69 Å². The van der Waals surface area contributed by atoms with Crippen LogP contribution in [0.5, 0.6) is 23.0 Å². The summed E-state index contributed by atoms with van der Waals surface area (Å²) in [6.45, 7) is 5.76. The summed E-state index contributed by atoms with van der Waals surface area (Å²) in [6.07, 6.45) is 9.31. The van der Waals surface area contributed by atoms with Crippen molar-refractivity contribution in [2.75, 3.05) is 48.6 Å². The molecule has 0 saturated heterocycles. The fourth-order valence-electron chi connectivity index (χ4n) is 4.77. The van der Waals surface area contributed by atoms with Crippen molar-refractivity contribution in [3.8, 4) is 23.0 Å². The highest BCUT2D eigenvalue weighted by atomic mass is 16.5. The number of likely N-dealkylation sites (N-methyl/N-ethyl adjacent to an activating group) is 1. The minimum Gasteiger partial charge on any atom is -0.493 e. The maximum atomic E-state index is 12.9. The molecule has 0 N–H and O–H groups in total. The van der Waals surface area contributed by atoms with Gasteiger partial charge in [-0.15, -0.1) is 0 Å². The van der Waals surface area contributed by atoms with Crippen molar-refractivity contribution in [1.29, 1.82) is 0 Å². The summed E-state index contributed by atoms with van der Waals surface area (Å²) < 4.78 is 21.7. The van der Waals surface area contributed by atoms with Gasteiger partial charge < -0.3 is 23.8 Å². The molecule has 0 aliphatic carbocycles. The second-order valence-corrected chi connectivity index (χ2v) is 9.23. The van der Waals surface area contributed by atoms with Gasteiger partial charge in [0.2, 0.25) is 5.91 Å². The van der Waals surface area contributed by atoms with Gasteiger partial charge in [-0.25, -0.2) is 0 Å². The van der Waals surface area contributed by atoms with Crippen LogP contribution < -0.4 is 18.9 Å². The average molecular weight is 509 g/mol. The van der Waals surface area contributed by atoms with Gasteiger partial charge in [0.25, 0.3) is 0 Å². The number of ether oxygens (including phenoxy) is 4. The monoisotopic (exact) mass is 508 g/mol. The van der Waals surface area contributed by atoms with Gasteiger partial charge in [0, 0.05) is 25.3 Å². The van der Waals surface area contributed by atoms with E-state index in [1.54, 1.807) is 33.3 Å². The second kappa shape index (κ2) is 13.2. The Labute approximate surface area is 221 Å². The van der Waals surface area contributed by atoms with E-state index in [1.807, 2.05) is 30.5 Å². The fraction of sp³-hybridized carbons (Fsp3) is 0.433. The summed E-state index contributed by atoms with van der Waals surface area (Å²) in [4.78, 5) is 17.0. The highest BCUT2D eigenvalue weighted by molar-refractivity contribution is 5.84. The van der Waals surface area contributed by atoms with Crippen molar-refractivity contribution in [1.82, 2.24) is 9.80 Å². The van der Waals surface area contributed by atoms with Crippen LogP contribution in [-0.4, -0.2) is 70.3 Å². The van der Waals surface area contributed by atoms with E-state index >= 15 is 0 Å². The van der Waals surface area contributed by atoms with E-state index in [0.29, 0.717) is 36.4 Å². The predicted molar refractivity (Wildman–Crippen MR) is 148 cm³/mol. The van der Waals surface area contributed by atoms with Gasteiger partial charge in [0.15, 0.2) is 23.0 Å². The van der Waals surface area contributed by atoms with Crippen LogP contribution in [0.2, 0.25) is 0 Å². The van der Waals surface area contributed by atoms with Gasteiger partial charge >= 0.3 is 0 Å². The molecule has 0 radical (unpaired) electrons. The molecule has 2 aromatic carbocycles. The van der Waals surface area contributed by atoms with Gasteiger partial charge in [0.1, 0.15) is 0 Å². The van der Waals surface area contributed by atoms with Crippen LogP contribution in [0.3, 0.4) is 0 Å². The Bertz CT molecular complexity index is 1130. The van der Waals surface area contributed by atoms with Gasteiger partial charge in [-0.1, -0.05) is 25.1 Å². The summed E-state index contributed by atoms with van der Waals surface area (Å²) in [5, 5.41) is 0. The van der Waals surface area contributed by atoms with Crippen molar-refractivity contribution < 1.29 is 23.7 Å². The van der Waals surface area contributed by atoms with E-state index in [2.05, 4.69) is 50.1 Å². The first kappa shape index (κ1) is 28.1. The minimum absolute atomic E-state index is 0.0492. The third kappa shape index (κ3) is 6.66. The van der Waals surface area contributed by atoms with E-state index in [-0.39, 0.29) is 5.91 Å². The van der Waals surface area contributed by atoms with Crippen LogP contribution in [0, 0.1) is 0 Å². The number of carbonyl (C=O) groups excluding carboxylic acids is 1. The number of methoxy groups -OCH3 is 4. The SMILES string of the molecule is CCC(c1ccc(OC)c(OC)c1)C(C)N(C)CC=CCN1C=Cc2cc(OC)c(OC)cc2CC1=O. The Morgan fingerprint density at radius 2 is 1.59 bits per heavy atom. The predicted octanol–water partition coefficient (Wildman–Crippen LogP) is 5.15. The molecule has 0 bridgehead atoms. The minimum atomic E-state index is 0.0492. The molecule has 2 atom stereocenters. The number of rotatable bonds is 12. The van der Waals surface area contributed by atoms with Crippen LogP contribution in [-0.2, 0) is 11.2 Å². The molecule has 1 heterocycles. The van der Waals surface area contributed by atoms with Crippen molar-refractivity contribution in [2.45, 2.75) is 38.6 Å². The summed E-state index contributed by atoms with van der Waals surface area (Å²) in [7, 11) is 8.66. The van der Waals surface area contributed by atoms with E-state index in [1.165, 1.54) is 5.56 Å². The zero-order valence-corrected chi connectivity index (χ0v) is 23.1. The molecule has 37 heavy (non-hydrogen) atoms. The van der Waals surface area contributed by atoms with Crippen molar-refractivity contribution >= 4 is 12.0 Å². The summed E-state index contributed by atoms with van der Waals surface area (Å²) in [6, 6.07) is 10.3. The van der Waals surface area contributed by atoms with Gasteiger partial charge in [-0.2, -0.15) is 0 Å². The average Bonchev–Trinajstić information content (AvgIpc) is 3.07. The Balaban J connectivity index is 1.61. The van der Waals surface area contributed by atoms with E-state index < -0.39 is 0 Å². The molecule has 2 unspecified atom stereocenters. The van der Waals surface area contributed by atoms with Crippen molar-refractivity contribution in [2.24, 2.45) is 0 Å². The van der Waals surface area contributed by atoms with E-state index in [9.17, 15) is 4.79 Å². The van der Waals surface area contributed by atoms with Crippen LogP contribution in [0.1, 0.15) is 42.9 Å². The molecule has 7 heteroatoms. The van der Waals surface area contributed by atoms with Crippen LogP contribution in [0.4, 0.5) is 0 Å². The smallest absolute Gasteiger partial charge is 0.231 e. The van der Waals surface area contributed by atoms with Crippen LogP contribution in [0.15, 0.2) is 48.7 Å². The molecule has 0 aromatic heterocycles. The zero-order chi connectivity index (χ0) is 26.9. The topological polar surface area (TPSA) is 60.5 Å². The van der Waals surface area contributed by atoms with Crippen LogP contribution >= 0.6 is 0 Å². The Morgan fingerprint density at radius 3 is 2.24 bits per heavy atom. The van der Waals surface area contributed by atoms with Crippen molar-refractivity contribution in [3.63, 3.8) is 0 Å². The number of benzene rings is 2. The number of carbonyl (C=O) groups is 1. The molecule has 0 fully saturated rings. The van der Waals surface area contributed by atoms with Crippen LogP contribution in [0.25, 0.3) is 6.08 Å². The normalized spacial score (nSPS) is 14.9. The molecule has 0 spiro atoms. The number of fused-ring (bicyclic) bond motifs is 1. The molecule has 1 amide bonds. The molecule has 1 aliphatic heterocycles. The van der Waals surface area contributed by atoms with Gasteiger partial charge in [-0.05, 0) is 73.3 Å². The highest BCUT2D eigenvalue weighted by Gasteiger charge is 2.22. The quantitative estimate of drug-likeness (QED) is 0.370. The summed E-state index contributed by atoms with van der Waals surface area (Å²) in [5.74, 6) is 3.17. The number of nitrogens with zero attached hydrogens (tertiary/aromatic N) is 2. The number of hydrogen-bond acceptors (Lipinski definition) is 6. The third-order valence-electron chi connectivity index (χ3n) is 7.16. The first-order valence-corrected chi connectivity index (χ1v) is 12.7. The third-order valence-corrected chi connectivity index (χ3v) is 7.16. The highest BCUT2D eigenvalue weighted by Crippen LogP contribution is 2.35.